The number of nitrogens with zero attached hydrogens (tertiary/aromatic N) is 3. The van der Waals surface area contributed by atoms with E-state index in [4.69, 9.17) is 9.47 Å². The molecule has 1 aliphatic rings. The Morgan fingerprint density at radius 1 is 0.902 bits per heavy atom. The molecule has 0 aliphatic carbocycles. The number of urea groups is 1. The average molecular weight is 574 g/mol. The fourth-order valence-electron chi connectivity index (χ4n) is 4.69. The summed E-state index contributed by atoms with van der Waals surface area (Å²) in [6.07, 6.45) is 0.831. The van der Waals surface area contributed by atoms with Crippen LogP contribution in [0.2, 0.25) is 0 Å². The zero-order valence-corrected chi connectivity index (χ0v) is 24.0. The summed E-state index contributed by atoms with van der Waals surface area (Å²) in [5.41, 5.74) is 4.82. The summed E-state index contributed by atoms with van der Waals surface area (Å²) in [7, 11) is 1.92. The maximum atomic E-state index is 12.3. The zero-order valence-electron chi connectivity index (χ0n) is 23.1. The van der Waals surface area contributed by atoms with E-state index in [-0.39, 0.29) is 30.8 Å². The molecular weight excluding hydrogens is 538 g/mol. The topological polar surface area (TPSA) is 111 Å². The maximum Gasteiger partial charge on any atom is 0.315 e. The number of thioether (sulfide) groups is 1. The van der Waals surface area contributed by atoms with Crippen LogP contribution in [-0.4, -0.2) is 37.8 Å². The number of hydrogen-bond acceptors (Lipinski definition) is 7. The van der Waals surface area contributed by atoms with Crippen molar-refractivity contribution in [2.24, 2.45) is 13.0 Å². The standard InChI is InChI=1S/C31H35N5O4S/c1-21-27(19-41-31-35-34-20-36(31)2)39-29(40-28(21)25-12-10-24(18-37)11-13-25)26-14-8-23(9-15-26)17-33-30(38)32-16-22-6-4-3-5-7-22/h3-15,20-21,27-29,37H,16-19H2,1-2H3,(H2,32,33,38). The fourth-order valence-corrected chi connectivity index (χ4v) is 5.74. The largest absolute Gasteiger partial charge is 0.392 e. The van der Waals surface area contributed by atoms with Gasteiger partial charge in [0.1, 0.15) is 6.33 Å². The molecule has 4 atom stereocenters. The van der Waals surface area contributed by atoms with Crippen molar-refractivity contribution in [2.75, 3.05) is 5.75 Å². The molecule has 214 valence electrons. The summed E-state index contributed by atoms with van der Waals surface area (Å²) in [5.74, 6) is 0.767. The summed E-state index contributed by atoms with van der Waals surface area (Å²) in [5, 5.41) is 24.3. The van der Waals surface area contributed by atoms with Gasteiger partial charge in [-0.2, -0.15) is 0 Å². The van der Waals surface area contributed by atoms with Crippen LogP contribution in [0.25, 0.3) is 0 Å². The summed E-state index contributed by atoms with van der Waals surface area (Å²) in [6, 6.07) is 25.4. The minimum atomic E-state index is -0.560. The quantitative estimate of drug-likeness (QED) is 0.232. The molecule has 0 saturated carbocycles. The maximum absolute atomic E-state index is 12.3. The van der Waals surface area contributed by atoms with Gasteiger partial charge >= 0.3 is 6.03 Å². The average Bonchev–Trinajstić information content (AvgIpc) is 3.43. The van der Waals surface area contributed by atoms with Crippen LogP contribution in [0.5, 0.6) is 0 Å². The van der Waals surface area contributed by atoms with Gasteiger partial charge in [-0.25, -0.2) is 4.79 Å². The molecule has 1 fully saturated rings. The van der Waals surface area contributed by atoms with Gasteiger partial charge in [0.2, 0.25) is 0 Å². The molecule has 1 aromatic heterocycles. The number of hydrogen-bond donors (Lipinski definition) is 3. The van der Waals surface area contributed by atoms with Gasteiger partial charge in [0.05, 0.1) is 18.8 Å². The molecule has 4 aromatic rings. The van der Waals surface area contributed by atoms with Crippen LogP contribution in [0.15, 0.2) is 90.3 Å². The zero-order chi connectivity index (χ0) is 28.6. The minimum Gasteiger partial charge on any atom is -0.392 e. The fraction of sp³-hybridized carbons (Fsp3) is 0.323. The number of benzene rings is 3. The van der Waals surface area contributed by atoms with Crippen LogP contribution in [-0.2, 0) is 36.2 Å². The van der Waals surface area contributed by atoms with Gasteiger partial charge in [-0.05, 0) is 22.3 Å². The number of aryl methyl sites for hydroxylation is 1. The number of rotatable bonds is 10. The molecule has 2 amide bonds. The molecule has 1 aliphatic heterocycles. The molecule has 3 N–H and O–H groups in total. The summed E-state index contributed by atoms with van der Waals surface area (Å²) in [4.78, 5) is 12.3. The highest BCUT2D eigenvalue weighted by Crippen LogP contribution is 2.42. The molecule has 0 radical (unpaired) electrons. The molecule has 1 saturated heterocycles. The summed E-state index contributed by atoms with van der Waals surface area (Å²) < 4.78 is 14.9. The van der Waals surface area contributed by atoms with Crippen molar-refractivity contribution in [1.29, 1.82) is 0 Å². The molecule has 2 heterocycles. The van der Waals surface area contributed by atoms with E-state index in [0.717, 1.165) is 33.0 Å². The number of aromatic nitrogens is 3. The Morgan fingerprint density at radius 2 is 1.54 bits per heavy atom. The molecule has 4 unspecified atom stereocenters. The highest BCUT2D eigenvalue weighted by molar-refractivity contribution is 7.99. The van der Waals surface area contributed by atoms with E-state index in [1.165, 1.54) is 0 Å². The number of carbonyl (C=O) groups excluding carboxylic acids is 1. The predicted molar refractivity (Wildman–Crippen MR) is 157 cm³/mol. The van der Waals surface area contributed by atoms with Gasteiger partial charge in [0.25, 0.3) is 0 Å². The number of aliphatic hydroxyl groups is 1. The molecule has 3 aromatic carbocycles. The van der Waals surface area contributed by atoms with Crippen molar-refractivity contribution in [2.45, 2.75) is 50.3 Å². The number of aliphatic hydroxyl groups excluding tert-OH is 1. The first-order valence-corrected chi connectivity index (χ1v) is 14.6. The second-order valence-electron chi connectivity index (χ2n) is 10.1. The number of carbonyl (C=O) groups is 1. The number of amides is 2. The van der Waals surface area contributed by atoms with Crippen LogP contribution in [0, 0.1) is 5.92 Å². The van der Waals surface area contributed by atoms with E-state index in [1.54, 1.807) is 18.1 Å². The second kappa shape index (κ2) is 13.8. The van der Waals surface area contributed by atoms with Crippen molar-refractivity contribution in [3.63, 3.8) is 0 Å². The van der Waals surface area contributed by atoms with Crippen molar-refractivity contribution in [3.8, 4) is 0 Å². The highest BCUT2D eigenvalue weighted by Gasteiger charge is 2.38. The van der Waals surface area contributed by atoms with Crippen molar-refractivity contribution < 1.29 is 19.4 Å². The van der Waals surface area contributed by atoms with Gasteiger partial charge in [-0.15, -0.1) is 10.2 Å². The van der Waals surface area contributed by atoms with Gasteiger partial charge in [0.15, 0.2) is 11.4 Å². The molecular formula is C31H35N5O4S. The lowest BCUT2D eigenvalue weighted by atomic mass is 9.91. The van der Waals surface area contributed by atoms with Gasteiger partial charge < -0.3 is 29.8 Å². The Morgan fingerprint density at radius 3 is 2.17 bits per heavy atom. The van der Waals surface area contributed by atoms with Crippen molar-refractivity contribution >= 4 is 17.8 Å². The Balaban J connectivity index is 1.24. The van der Waals surface area contributed by atoms with Gasteiger partial charge in [0, 0.05) is 37.4 Å². The normalized spacial score (nSPS) is 20.5. The first kappa shape index (κ1) is 28.8. The third-order valence-corrected chi connectivity index (χ3v) is 8.29. The lowest BCUT2D eigenvalue weighted by Gasteiger charge is -2.41. The van der Waals surface area contributed by atoms with Gasteiger partial charge in [-0.1, -0.05) is 97.5 Å². The Hall–Kier alpha value is -3.70. The molecule has 41 heavy (non-hydrogen) atoms. The van der Waals surface area contributed by atoms with E-state index in [9.17, 15) is 9.90 Å². The SMILES string of the molecule is CC1C(CSc2nncn2C)OC(c2ccc(CNC(=O)NCc3ccccc3)cc2)OC1c1ccc(CO)cc1. The lowest BCUT2D eigenvalue weighted by Crippen LogP contribution is -2.38. The van der Waals surface area contributed by atoms with Crippen LogP contribution in [0.4, 0.5) is 4.79 Å². The van der Waals surface area contributed by atoms with Crippen LogP contribution >= 0.6 is 11.8 Å². The highest BCUT2D eigenvalue weighted by atomic mass is 32.2. The molecule has 5 rings (SSSR count). The monoisotopic (exact) mass is 573 g/mol. The Labute approximate surface area is 244 Å². The van der Waals surface area contributed by atoms with E-state index in [1.807, 2.05) is 90.5 Å². The van der Waals surface area contributed by atoms with Crippen LogP contribution < -0.4 is 10.6 Å². The summed E-state index contributed by atoms with van der Waals surface area (Å²) in [6.45, 7) is 3.02. The van der Waals surface area contributed by atoms with Crippen molar-refractivity contribution in [3.05, 3.63) is 113 Å². The van der Waals surface area contributed by atoms with E-state index < -0.39 is 6.29 Å². The first-order valence-electron chi connectivity index (χ1n) is 13.6. The van der Waals surface area contributed by atoms with Crippen molar-refractivity contribution in [1.82, 2.24) is 25.4 Å². The molecule has 0 spiro atoms. The second-order valence-corrected chi connectivity index (χ2v) is 11.1. The first-order chi connectivity index (χ1) is 20.0. The lowest BCUT2D eigenvalue weighted by molar-refractivity contribution is -0.268. The summed E-state index contributed by atoms with van der Waals surface area (Å²) >= 11 is 1.61. The van der Waals surface area contributed by atoms with Gasteiger partial charge in [-0.3, -0.25) is 0 Å². The number of nitrogens with one attached hydrogen (secondary N) is 2. The predicted octanol–water partition coefficient (Wildman–Crippen LogP) is 4.89. The Kier molecular flexibility index (Phi) is 9.68. The smallest absolute Gasteiger partial charge is 0.315 e. The third kappa shape index (κ3) is 7.53. The molecule has 9 nitrogen and oxygen atoms in total. The third-order valence-electron chi connectivity index (χ3n) is 7.17. The van der Waals surface area contributed by atoms with E-state index >= 15 is 0 Å². The van der Waals surface area contributed by atoms with E-state index in [2.05, 4.69) is 27.8 Å². The van der Waals surface area contributed by atoms with E-state index in [0.29, 0.717) is 18.8 Å². The van der Waals surface area contributed by atoms with Crippen LogP contribution in [0.1, 0.15) is 47.1 Å². The Bertz CT molecular complexity index is 1400. The molecule has 0 bridgehead atoms. The minimum absolute atomic E-state index is 0.0000490. The molecule has 10 heteroatoms. The van der Waals surface area contributed by atoms with Crippen LogP contribution in [0.3, 0.4) is 0 Å². The number of ether oxygens (including phenoxy) is 2.